The van der Waals surface area contributed by atoms with Crippen LogP contribution in [0.15, 0.2) is 121 Å². The summed E-state index contributed by atoms with van der Waals surface area (Å²) in [6.45, 7) is 4.36. The molecule has 4 heteroatoms. The van der Waals surface area contributed by atoms with Crippen molar-refractivity contribution in [1.29, 1.82) is 0 Å². The Kier molecular flexibility index (Phi) is 10.9. The minimum Gasteiger partial charge on any atom is -0.396 e. The molecule has 0 amide bonds. The fourth-order valence-corrected chi connectivity index (χ4v) is 5.57. The average Bonchev–Trinajstić information content (AvgIpc) is 3.01. The van der Waals surface area contributed by atoms with Gasteiger partial charge in [0, 0.05) is 49.2 Å². The lowest BCUT2D eigenvalue weighted by molar-refractivity contribution is 0.110. The summed E-state index contributed by atoms with van der Waals surface area (Å²) >= 11 is 0. The van der Waals surface area contributed by atoms with Crippen LogP contribution in [0.5, 0.6) is 0 Å². The first kappa shape index (κ1) is 28.7. The molecule has 6 atom stereocenters. The second kappa shape index (κ2) is 14.8. The van der Waals surface area contributed by atoms with E-state index < -0.39 is 0 Å². The third-order valence-corrected chi connectivity index (χ3v) is 7.79. The van der Waals surface area contributed by atoms with E-state index in [0.717, 1.165) is 11.1 Å². The van der Waals surface area contributed by atoms with Crippen molar-refractivity contribution < 1.29 is 10.2 Å². The molecule has 0 spiro atoms. The normalized spacial score (nSPS) is 16.1. The van der Waals surface area contributed by atoms with Crippen molar-refractivity contribution in [3.63, 3.8) is 0 Å². The first-order chi connectivity index (χ1) is 19.1. The molecular formula is C35H42N2O2. The van der Waals surface area contributed by atoms with E-state index >= 15 is 0 Å². The zero-order valence-corrected chi connectivity index (χ0v) is 23.0. The molecule has 0 aliphatic carbocycles. The summed E-state index contributed by atoms with van der Waals surface area (Å²) in [4.78, 5) is 0. The largest absolute Gasteiger partial charge is 0.396 e. The molecular weight excluding hydrogens is 480 g/mol. The summed E-state index contributed by atoms with van der Waals surface area (Å²) in [7, 11) is 0. The highest BCUT2D eigenvalue weighted by molar-refractivity contribution is 5.25. The Labute approximate surface area is 233 Å². The van der Waals surface area contributed by atoms with Gasteiger partial charge in [-0.25, -0.2) is 0 Å². The average molecular weight is 523 g/mol. The van der Waals surface area contributed by atoms with Crippen LogP contribution < -0.4 is 10.6 Å². The topological polar surface area (TPSA) is 64.5 Å². The Morgan fingerprint density at radius 1 is 0.462 bits per heavy atom. The van der Waals surface area contributed by atoms with E-state index in [1.165, 1.54) is 11.1 Å². The number of aliphatic hydroxyl groups excluding tert-OH is 2. The molecule has 204 valence electrons. The molecule has 0 aliphatic heterocycles. The first-order valence-electron chi connectivity index (χ1n) is 14.0. The Balaban J connectivity index is 1.62. The highest BCUT2D eigenvalue weighted by atomic mass is 16.3. The maximum atomic E-state index is 10.8. The Bertz CT molecular complexity index is 1110. The van der Waals surface area contributed by atoms with Crippen LogP contribution in [0, 0.1) is 11.8 Å². The van der Waals surface area contributed by atoms with Gasteiger partial charge >= 0.3 is 0 Å². The van der Waals surface area contributed by atoms with Gasteiger partial charge in [0.25, 0.3) is 0 Å². The minimum absolute atomic E-state index is 0.0142. The fraction of sp³-hybridized carbons (Fsp3) is 0.314. The SMILES string of the molecule is C[C@H](N[C@@H](c1ccccc1)[C@@H](CO)C[C@H](CO)[C@@H](N[C@@H](C)c1ccccc1)c1ccccc1)c1ccccc1. The van der Waals surface area contributed by atoms with Crippen LogP contribution in [0.4, 0.5) is 0 Å². The van der Waals surface area contributed by atoms with Gasteiger partial charge in [-0.05, 0) is 42.5 Å². The molecule has 0 saturated heterocycles. The second-order valence-corrected chi connectivity index (χ2v) is 10.5. The number of rotatable bonds is 14. The highest BCUT2D eigenvalue weighted by Gasteiger charge is 2.32. The lowest BCUT2D eigenvalue weighted by atomic mass is 9.80. The zero-order valence-electron chi connectivity index (χ0n) is 23.0. The van der Waals surface area contributed by atoms with Gasteiger partial charge in [-0.15, -0.1) is 0 Å². The van der Waals surface area contributed by atoms with Crippen molar-refractivity contribution in [2.45, 2.75) is 44.4 Å². The van der Waals surface area contributed by atoms with Crippen molar-refractivity contribution in [2.24, 2.45) is 11.8 Å². The van der Waals surface area contributed by atoms with Crippen molar-refractivity contribution in [3.05, 3.63) is 144 Å². The van der Waals surface area contributed by atoms with Crippen molar-refractivity contribution >= 4 is 0 Å². The fourth-order valence-electron chi connectivity index (χ4n) is 5.57. The molecule has 4 rings (SSSR count). The maximum absolute atomic E-state index is 10.8. The number of aliphatic hydroxyl groups is 2. The summed E-state index contributed by atoms with van der Waals surface area (Å²) in [5, 5.41) is 29.1. The smallest absolute Gasteiger partial charge is 0.0477 e. The molecule has 4 aromatic rings. The molecule has 39 heavy (non-hydrogen) atoms. The van der Waals surface area contributed by atoms with Crippen LogP contribution in [0.2, 0.25) is 0 Å². The predicted molar refractivity (Wildman–Crippen MR) is 160 cm³/mol. The van der Waals surface area contributed by atoms with Crippen molar-refractivity contribution in [2.75, 3.05) is 13.2 Å². The van der Waals surface area contributed by atoms with E-state index in [9.17, 15) is 10.2 Å². The Morgan fingerprint density at radius 2 is 0.744 bits per heavy atom. The number of hydrogen-bond acceptors (Lipinski definition) is 4. The van der Waals surface area contributed by atoms with Gasteiger partial charge in [-0.2, -0.15) is 0 Å². The summed E-state index contributed by atoms with van der Waals surface area (Å²) in [5.74, 6) is -0.202. The van der Waals surface area contributed by atoms with Crippen LogP contribution in [-0.4, -0.2) is 23.4 Å². The van der Waals surface area contributed by atoms with Gasteiger partial charge in [-0.3, -0.25) is 0 Å². The van der Waals surface area contributed by atoms with Crippen LogP contribution >= 0.6 is 0 Å². The standard InChI is InChI=1S/C35H42N2O2/c1-26(28-15-7-3-8-16-28)36-34(30-19-11-5-12-20-30)32(24-38)23-33(25-39)35(31-21-13-6-14-22-31)37-27(2)29-17-9-4-10-18-29/h3-22,26-27,32-39H,23-25H2,1-2H3/t26-,27-,32+,33+,34-,35-/m0/s1. The van der Waals surface area contributed by atoms with E-state index in [1.54, 1.807) is 0 Å². The van der Waals surface area contributed by atoms with Crippen molar-refractivity contribution in [3.8, 4) is 0 Å². The van der Waals surface area contributed by atoms with E-state index in [2.05, 4.69) is 97.3 Å². The molecule has 0 aromatic heterocycles. The monoisotopic (exact) mass is 522 g/mol. The van der Waals surface area contributed by atoms with Crippen LogP contribution in [0.1, 0.15) is 66.7 Å². The molecule has 0 heterocycles. The maximum Gasteiger partial charge on any atom is 0.0477 e. The number of nitrogens with one attached hydrogen (secondary N) is 2. The lowest BCUT2D eigenvalue weighted by Gasteiger charge is -2.36. The Morgan fingerprint density at radius 3 is 1.03 bits per heavy atom. The van der Waals surface area contributed by atoms with Crippen LogP contribution in [0.3, 0.4) is 0 Å². The first-order valence-corrected chi connectivity index (χ1v) is 14.0. The molecule has 0 bridgehead atoms. The number of hydrogen-bond donors (Lipinski definition) is 4. The summed E-state index contributed by atoms with van der Waals surface area (Å²) in [5.41, 5.74) is 4.68. The quantitative estimate of drug-likeness (QED) is 0.147. The zero-order chi connectivity index (χ0) is 27.5. The van der Waals surface area contributed by atoms with E-state index in [4.69, 9.17) is 0 Å². The third kappa shape index (κ3) is 7.87. The molecule has 0 saturated carbocycles. The van der Waals surface area contributed by atoms with Gasteiger partial charge in [-0.1, -0.05) is 121 Å². The summed E-state index contributed by atoms with van der Waals surface area (Å²) in [6, 6.07) is 41.5. The van der Waals surface area contributed by atoms with Crippen LogP contribution in [-0.2, 0) is 0 Å². The third-order valence-electron chi connectivity index (χ3n) is 7.79. The van der Waals surface area contributed by atoms with Gasteiger partial charge in [0.15, 0.2) is 0 Å². The van der Waals surface area contributed by atoms with E-state index in [0.29, 0.717) is 6.42 Å². The minimum atomic E-state index is -0.101. The van der Waals surface area contributed by atoms with E-state index in [-0.39, 0.29) is 49.2 Å². The molecule has 0 fully saturated rings. The lowest BCUT2D eigenvalue weighted by Crippen LogP contribution is -2.38. The van der Waals surface area contributed by atoms with Crippen molar-refractivity contribution in [1.82, 2.24) is 10.6 Å². The van der Waals surface area contributed by atoms with Gasteiger partial charge < -0.3 is 20.8 Å². The summed E-state index contributed by atoms with van der Waals surface area (Å²) in [6.07, 6.45) is 0.648. The molecule has 0 unspecified atom stereocenters. The molecule has 4 aromatic carbocycles. The molecule has 4 N–H and O–H groups in total. The van der Waals surface area contributed by atoms with Gasteiger partial charge in [0.05, 0.1) is 0 Å². The predicted octanol–water partition coefficient (Wildman–Crippen LogP) is 6.78. The van der Waals surface area contributed by atoms with Gasteiger partial charge in [0.2, 0.25) is 0 Å². The van der Waals surface area contributed by atoms with Crippen LogP contribution in [0.25, 0.3) is 0 Å². The Hall–Kier alpha value is -3.28. The highest BCUT2D eigenvalue weighted by Crippen LogP contribution is 2.35. The van der Waals surface area contributed by atoms with E-state index in [1.807, 2.05) is 48.5 Å². The van der Waals surface area contributed by atoms with Gasteiger partial charge in [0.1, 0.15) is 0 Å². The molecule has 4 nitrogen and oxygen atoms in total. The summed E-state index contributed by atoms with van der Waals surface area (Å²) < 4.78 is 0. The molecule has 0 aliphatic rings. The second-order valence-electron chi connectivity index (χ2n) is 10.5. The molecule has 0 radical (unpaired) electrons. The number of benzene rings is 4.